The van der Waals surface area contributed by atoms with Crippen molar-refractivity contribution in [3.8, 4) is 0 Å². The summed E-state index contributed by atoms with van der Waals surface area (Å²) >= 11 is 0. The molecule has 0 aromatic rings. The van der Waals surface area contributed by atoms with E-state index in [0.29, 0.717) is 18.2 Å². The summed E-state index contributed by atoms with van der Waals surface area (Å²) in [6.07, 6.45) is 5.62. The van der Waals surface area contributed by atoms with Crippen LogP contribution in [0.2, 0.25) is 0 Å². The second kappa shape index (κ2) is 6.76. The van der Waals surface area contributed by atoms with Crippen LogP contribution in [0.15, 0.2) is 0 Å². The van der Waals surface area contributed by atoms with Crippen molar-refractivity contribution in [2.75, 3.05) is 19.6 Å². The van der Waals surface area contributed by atoms with E-state index in [0.717, 1.165) is 25.6 Å². The van der Waals surface area contributed by atoms with E-state index in [1.54, 1.807) is 0 Å². The van der Waals surface area contributed by atoms with Gasteiger partial charge in [-0.25, -0.2) is 0 Å². The fraction of sp³-hybridized carbons (Fsp3) is 1.00. The molecule has 1 aliphatic carbocycles. The van der Waals surface area contributed by atoms with Gasteiger partial charge in [-0.1, -0.05) is 13.8 Å². The monoisotopic (exact) mass is 282 g/mol. The van der Waals surface area contributed by atoms with Gasteiger partial charge in [-0.2, -0.15) is 0 Å². The maximum atomic E-state index is 6.08. The summed E-state index contributed by atoms with van der Waals surface area (Å²) in [7, 11) is 0. The van der Waals surface area contributed by atoms with E-state index in [1.807, 2.05) is 0 Å². The van der Waals surface area contributed by atoms with E-state index in [4.69, 9.17) is 4.74 Å². The first-order valence-corrected chi connectivity index (χ1v) is 8.56. The second-order valence-corrected chi connectivity index (χ2v) is 7.66. The fourth-order valence-electron chi connectivity index (χ4n) is 4.08. The van der Waals surface area contributed by atoms with Gasteiger partial charge >= 0.3 is 0 Å². The number of hydrogen-bond donors (Lipinski definition) is 1. The molecule has 20 heavy (non-hydrogen) atoms. The quantitative estimate of drug-likeness (QED) is 0.858. The number of hydrogen-bond acceptors (Lipinski definition) is 3. The van der Waals surface area contributed by atoms with Gasteiger partial charge in [0.1, 0.15) is 0 Å². The highest BCUT2D eigenvalue weighted by molar-refractivity contribution is 4.94. The second-order valence-electron chi connectivity index (χ2n) is 7.66. The Morgan fingerprint density at radius 1 is 1.25 bits per heavy atom. The molecule has 4 atom stereocenters. The minimum absolute atomic E-state index is 0.00629. The van der Waals surface area contributed by atoms with E-state index in [9.17, 15) is 0 Å². The minimum Gasteiger partial charge on any atom is -0.370 e. The lowest BCUT2D eigenvalue weighted by Gasteiger charge is -2.49. The molecule has 1 saturated heterocycles. The van der Waals surface area contributed by atoms with Crippen LogP contribution >= 0.6 is 0 Å². The number of nitrogens with one attached hydrogen (secondary N) is 1. The van der Waals surface area contributed by atoms with Crippen LogP contribution in [-0.2, 0) is 4.74 Å². The van der Waals surface area contributed by atoms with Crippen molar-refractivity contribution < 1.29 is 4.74 Å². The van der Waals surface area contributed by atoms with Crippen molar-refractivity contribution in [2.45, 2.75) is 84.1 Å². The lowest BCUT2D eigenvalue weighted by Crippen LogP contribution is -2.61. The summed E-state index contributed by atoms with van der Waals surface area (Å²) < 4.78 is 6.08. The third-order valence-corrected chi connectivity index (χ3v) is 4.80. The average Bonchev–Trinajstić information content (AvgIpc) is 2.35. The molecule has 1 saturated carbocycles. The van der Waals surface area contributed by atoms with Crippen LogP contribution in [0.3, 0.4) is 0 Å². The highest BCUT2D eigenvalue weighted by Crippen LogP contribution is 2.31. The van der Waals surface area contributed by atoms with Gasteiger partial charge in [-0.05, 0) is 58.9 Å². The zero-order chi connectivity index (χ0) is 14.8. The summed E-state index contributed by atoms with van der Waals surface area (Å²) in [6.45, 7) is 14.7. The average molecular weight is 282 g/mol. The Bertz CT molecular complexity index is 303. The highest BCUT2D eigenvalue weighted by Gasteiger charge is 2.39. The third-order valence-electron chi connectivity index (χ3n) is 4.80. The van der Waals surface area contributed by atoms with Crippen LogP contribution < -0.4 is 5.32 Å². The SMILES string of the molecule is CCCNC1CCC(C)CC1N1CC(C)OC(C)(C)C1. The number of nitrogens with zero attached hydrogens (tertiary/aromatic N) is 1. The smallest absolute Gasteiger partial charge is 0.0757 e. The number of rotatable bonds is 4. The van der Waals surface area contributed by atoms with Crippen molar-refractivity contribution in [3.05, 3.63) is 0 Å². The Morgan fingerprint density at radius 3 is 2.65 bits per heavy atom. The van der Waals surface area contributed by atoms with Crippen LogP contribution in [0, 0.1) is 5.92 Å². The van der Waals surface area contributed by atoms with Gasteiger partial charge in [-0.3, -0.25) is 4.90 Å². The lowest BCUT2D eigenvalue weighted by atomic mass is 9.81. The number of ether oxygens (including phenoxy) is 1. The first-order valence-electron chi connectivity index (χ1n) is 8.56. The molecule has 1 N–H and O–H groups in total. The van der Waals surface area contributed by atoms with Crippen LogP contribution in [0.4, 0.5) is 0 Å². The standard InChI is InChI=1S/C17H34N2O/c1-6-9-18-15-8-7-13(2)10-16(15)19-11-14(3)20-17(4,5)12-19/h13-16,18H,6-12H2,1-5H3. The highest BCUT2D eigenvalue weighted by atomic mass is 16.5. The van der Waals surface area contributed by atoms with Gasteiger partial charge in [0.05, 0.1) is 11.7 Å². The number of morpholine rings is 1. The molecular formula is C17H34N2O. The molecule has 4 unspecified atom stereocenters. The molecule has 2 fully saturated rings. The zero-order valence-corrected chi connectivity index (χ0v) is 14.1. The molecule has 3 nitrogen and oxygen atoms in total. The van der Waals surface area contributed by atoms with Crippen LogP contribution in [0.25, 0.3) is 0 Å². The molecule has 0 spiro atoms. The van der Waals surface area contributed by atoms with E-state index in [2.05, 4.69) is 44.8 Å². The molecule has 1 heterocycles. The van der Waals surface area contributed by atoms with Gasteiger partial charge in [-0.15, -0.1) is 0 Å². The Kier molecular flexibility index (Phi) is 5.49. The Hall–Kier alpha value is -0.120. The predicted molar refractivity (Wildman–Crippen MR) is 85.1 cm³/mol. The van der Waals surface area contributed by atoms with E-state index in [-0.39, 0.29) is 5.60 Å². The van der Waals surface area contributed by atoms with Gasteiger partial charge < -0.3 is 10.1 Å². The molecule has 0 bridgehead atoms. The van der Waals surface area contributed by atoms with E-state index >= 15 is 0 Å². The maximum absolute atomic E-state index is 6.08. The molecule has 118 valence electrons. The van der Waals surface area contributed by atoms with Gasteiger partial charge in [0.15, 0.2) is 0 Å². The van der Waals surface area contributed by atoms with Crippen molar-refractivity contribution in [1.82, 2.24) is 10.2 Å². The largest absolute Gasteiger partial charge is 0.370 e. The lowest BCUT2D eigenvalue weighted by molar-refractivity contribution is -0.144. The Morgan fingerprint density at radius 2 is 2.00 bits per heavy atom. The molecule has 3 heteroatoms. The normalized spacial score (nSPS) is 38.9. The third kappa shape index (κ3) is 4.19. The summed E-state index contributed by atoms with van der Waals surface area (Å²) in [4.78, 5) is 2.71. The Balaban J connectivity index is 2.04. The molecule has 1 aliphatic heterocycles. The van der Waals surface area contributed by atoms with Crippen LogP contribution in [0.5, 0.6) is 0 Å². The van der Waals surface area contributed by atoms with Crippen molar-refractivity contribution in [1.29, 1.82) is 0 Å². The maximum Gasteiger partial charge on any atom is 0.0757 e. The van der Waals surface area contributed by atoms with E-state index < -0.39 is 0 Å². The zero-order valence-electron chi connectivity index (χ0n) is 14.1. The molecule has 2 rings (SSSR count). The molecule has 2 aliphatic rings. The summed E-state index contributed by atoms with van der Waals surface area (Å²) in [5.74, 6) is 0.862. The van der Waals surface area contributed by atoms with Crippen molar-refractivity contribution in [3.63, 3.8) is 0 Å². The predicted octanol–water partition coefficient (Wildman–Crippen LogP) is 3.04. The summed E-state index contributed by atoms with van der Waals surface area (Å²) in [5, 5.41) is 3.80. The summed E-state index contributed by atoms with van der Waals surface area (Å²) in [5.41, 5.74) is -0.00629. The van der Waals surface area contributed by atoms with Crippen molar-refractivity contribution >= 4 is 0 Å². The topological polar surface area (TPSA) is 24.5 Å². The van der Waals surface area contributed by atoms with Gasteiger partial charge in [0.2, 0.25) is 0 Å². The Labute approximate surface area is 125 Å². The van der Waals surface area contributed by atoms with Gasteiger partial charge in [0.25, 0.3) is 0 Å². The first-order chi connectivity index (χ1) is 9.41. The molecular weight excluding hydrogens is 248 g/mol. The van der Waals surface area contributed by atoms with Gasteiger partial charge in [0, 0.05) is 25.2 Å². The molecule has 0 amide bonds. The first kappa shape index (κ1) is 16.3. The molecule has 0 aromatic carbocycles. The van der Waals surface area contributed by atoms with Crippen molar-refractivity contribution in [2.24, 2.45) is 5.92 Å². The van der Waals surface area contributed by atoms with E-state index in [1.165, 1.54) is 25.7 Å². The summed E-state index contributed by atoms with van der Waals surface area (Å²) in [6, 6.07) is 1.36. The van der Waals surface area contributed by atoms with Crippen LogP contribution in [0.1, 0.15) is 60.3 Å². The van der Waals surface area contributed by atoms with Crippen LogP contribution in [-0.4, -0.2) is 48.3 Å². The minimum atomic E-state index is -0.00629. The molecule has 0 radical (unpaired) electrons. The molecule has 0 aromatic heterocycles. The fourth-order valence-corrected chi connectivity index (χ4v) is 4.08.